The minimum atomic E-state index is -4.46. The molecule has 124 valence electrons. The monoisotopic (exact) mass is 391 g/mol. The Morgan fingerprint density at radius 2 is 2.17 bits per heavy atom. The molecule has 1 N–H and O–H groups in total. The van der Waals surface area contributed by atoms with E-state index in [9.17, 15) is 18.0 Å². The van der Waals surface area contributed by atoms with Gasteiger partial charge in [0.05, 0.1) is 6.54 Å². The molecule has 0 atom stereocenters. The fourth-order valence-electron chi connectivity index (χ4n) is 2.26. The van der Waals surface area contributed by atoms with Gasteiger partial charge in [-0.25, -0.2) is 0 Å². The molecule has 0 unspecified atom stereocenters. The van der Waals surface area contributed by atoms with Gasteiger partial charge >= 0.3 is 6.18 Å². The molecule has 1 aliphatic carbocycles. The van der Waals surface area contributed by atoms with Crippen molar-refractivity contribution in [3.8, 4) is 0 Å². The van der Waals surface area contributed by atoms with Gasteiger partial charge in [0.2, 0.25) is 0 Å². The van der Waals surface area contributed by atoms with E-state index in [4.69, 9.17) is 4.42 Å². The Kier molecular flexibility index (Phi) is 4.22. The van der Waals surface area contributed by atoms with Crippen molar-refractivity contribution in [2.75, 3.05) is 6.54 Å². The summed E-state index contributed by atoms with van der Waals surface area (Å²) in [6.45, 7) is 0.339. The molecule has 0 saturated heterocycles. The van der Waals surface area contributed by atoms with Crippen molar-refractivity contribution >= 4 is 21.8 Å². The molecule has 1 aliphatic rings. The van der Waals surface area contributed by atoms with Crippen molar-refractivity contribution in [2.45, 2.75) is 31.5 Å². The maximum Gasteiger partial charge on any atom is 0.435 e. The van der Waals surface area contributed by atoms with Gasteiger partial charge in [0.15, 0.2) is 16.1 Å². The van der Waals surface area contributed by atoms with Crippen molar-refractivity contribution in [1.29, 1.82) is 0 Å². The molecule has 0 aliphatic heterocycles. The first kappa shape index (κ1) is 16.1. The molecule has 2 heterocycles. The van der Waals surface area contributed by atoms with Crippen LogP contribution in [0.4, 0.5) is 13.2 Å². The van der Waals surface area contributed by atoms with Crippen molar-refractivity contribution < 1.29 is 22.4 Å². The number of aromatic nitrogens is 2. The number of carbonyl (C=O) groups excluding carboxylic acids is 1. The van der Waals surface area contributed by atoms with E-state index in [0.29, 0.717) is 10.4 Å². The Bertz CT molecular complexity index is 719. The van der Waals surface area contributed by atoms with E-state index in [0.717, 1.165) is 18.9 Å². The smallest absolute Gasteiger partial charge is 0.435 e. The van der Waals surface area contributed by atoms with E-state index < -0.39 is 17.8 Å². The van der Waals surface area contributed by atoms with Crippen LogP contribution in [0, 0.1) is 0 Å². The highest BCUT2D eigenvalue weighted by molar-refractivity contribution is 9.10. The van der Waals surface area contributed by atoms with E-state index in [2.05, 4.69) is 26.3 Å². The zero-order valence-corrected chi connectivity index (χ0v) is 13.4. The quantitative estimate of drug-likeness (QED) is 0.847. The predicted molar refractivity (Wildman–Crippen MR) is 77.9 cm³/mol. The normalized spacial score (nSPS) is 15.0. The second-order valence-electron chi connectivity index (χ2n) is 5.31. The summed E-state index contributed by atoms with van der Waals surface area (Å²) in [6.07, 6.45) is -2.72. The van der Waals surface area contributed by atoms with E-state index in [1.54, 1.807) is 6.07 Å². The fourth-order valence-corrected chi connectivity index (χ4v) is 2.56. The van der Waals surface area contributed by atoms with Crippen LogP contribution in [0.2, 0.25) is 0 Å². The molecule has 0 radical (unpaired) electrons. The Morgan fingerprint density at radius 1 is 1.43 bits per heavy atom. The highest BCUT2D eigenvalue weighted by atomic mass is 79.9. The number of carbonyl (C=O) groups is 1. The van der Waals surface area contributed by atoms with Gasteiger partial charge in [-0.2, -0.15) is 18.3 Å². The van der Waals surface area contributed by atoms with Crippen LogP contribution in [0.5, 0.6) is 0 Å². The molecule has 1 fully saturated rings. The van der Waals surface area contributed by atoms with Crippen molar-refractivity contribution in [3.63, 3.8) is 0 Å². The summed E-state index contributed by atoms with van der Waals surface area (Å²) in [6, 6.07) is 4.19. The summed E-state index contributed by atoms with van der Waals surface area (Å²) < 4.78 is 45.2. The number of nitrogens with one attached hydrogen (secondary N) is 1. The summed E-state index contributed by atoms with van der Waals surface area (Å²) >= 11 is 3.09. The third-order valence-electron chi connectivity index (χ3n) is 3.50. The summed E-state index contributed by atoms with van der Waals surface area (Å²) in [5, 5.41) is 6.23. The van der Waals surface area contributed by atoms with Gasteiger partial charge in [-0.3, -0.25) is 9.48 Å². The van der Waals surface area contributed by atoms with Crippen LogP contribution >= 0.6 is 15.9 Å². The second-order valence-corrected chi connectivity index (χ2v) is 6.09. The largest absolute Gasteiger partial charge is 0.444 e. The van der Waals surface area contributed by atoms with Gasteiger partial charge in [0.1, 0.15) is 0 Å². The number of amides is 1. The Labute approximate surface area is 138 Å². The summed E-state index contributed by atoms with van der Waals surface area (Å²) in [7, 11) is 0. The number of hydrogen-bond donors (Lipinski definition) is 1. The van der Waals surface area contributed by atoms with Crippen LogP contribution in [0.3, 0.4) is 0 Å². The number of halogens is 4. The topological polar surface area (TPSA) is 60.1 Å². The van der Waals surface area contributed by atoms with Gasteiger partial charge < -0.3 is 9.73 Å². The van der Waals surface area contributed by atoms with E-state index in [1.807, 2.05) is 0 Å². The highest BCUT2D eigenvalue weighted by Gasteiger charge is 2.37. The van der Waals surface area contributed by atoms with Gasteiger partial charge in [0, 0.05) is 18.2 Å². The third-order valence-corrected chi connectivity index (χ3v) is 3.93. The van der Waals surface area contributed by atoms with Crippen LogP contribution < -0.4 is 5.32 Å². The zero-order valence-electron chi connectivity index (χ0n) is 11.9. The van der Waals surface area contributed by atoms with Crippen molar-refractivity contribution in [3.05, 3.63) is 40.0 Å². The molecule has 1 amide bonds. The molecule has 1 saturated carbocycles. The van der Waals surface area contributed by atoms with Gasteiger partial charge in [0.25, 0.3) is 5.91 Å². The van der Waals surface area contributed by atoms with Crippen LogP contribution in [0.25, 0.3) is 0 Å². The average Bonchev–Trinajstić information content (AvgIpc) is 3.06. The fraction of sp³-hybridized carbons (Fsp3) is 0.429. The molecular weight excluding hydrogens is 379 g/mol. The highest BCUT2D eigenvalue weighted by Crippen LogP contribution is 2.42. The Balaban J connectivity index is 1.63. The lowest BCUT2D eigenvalue weighted by Gasteiger charge is -2.07. The first-order valence-corrected chi connectivity index (χ1v) is 7.82. The molecule has 5 nitrogen and oxygen atoms in total. The molecule has 0 spiro atoms. The minimum absolute atomic E-state index is 0.135. The first-order valence-electron chi connectivity index (χ1n) is 7.03. The zero-order chi connectivity index (χ0) is 16.6. The van der Waals surface area contributed by atoms with Gasteiger partial charge in [-0.05, 0) is 47.0 Å². The lowest BCUT2D eigenvalue weighted by molar-refractivity contribution is -0.141. The number of nitrogens with zero attached hydrogens (tertiary/aromatic N) is 2. The second kappa shape index (κ2) is 6.03. The van der Waals surface area contributed by atoms with E-state index in [1.165, 1.54) is 10.7 Å². The molecule has 0 bridgehead atoms. The lowest BCUT2D eigenvalue weighted by atomic mass is 10.2. The first-order chi connectivity index (χ1) is 10.8. The van der Waals surface area contributed by atoms with Crippen LogP contribution in [0.1, 0.15) is 40.7 Å². The molecule has 2 aromatic rings. The van der Waals surface area contributed by atoms with Crippen LogP contribution in [-0.2, 0) is 12.7 Å². The van der Waals surface area contributed by atoms with Crippen LogP contribution in [0.15, 0.2) is 27.3 Å². The maximum atomic E-state index is 12.8. The molecule has 0 aromatic carbocycles. The van der Waals surface area contributed by atoms with Gasteiger partial charge in [-0.15, -0.1) is 0 Å². The number of alkyl halides is 3. The van der Waals surface area contributed by atoms with Crippen molar-refractivity contribution in [1.82, 2.24) is 15.1 Å². The SMILES string of the molecule is O=C(NCCn1nc(C(F)(F)F)cc1C1CC1)c1ccc(Br)o1. The van der Waals surface area contributed by atoms with Crippen molar-refractivity contribution in [2.24, 2.45) is 0 Å². The summed E-state index contributed by atoms with van der Waals surface area (Å²) in [5.74, 6) is -0.155. The standard InChI is InChI=1S/C14H13BrF3N3O2/c15-12-4-3-10(23-12)13(22)19-5-6-21-9(8-1-2-8)7-11(20-21)14(16,17)18/h3-4,7-8H,1-2,5-6H2,(H,19,22). The predicted octanol–water partition coefficient (Wildman–Crippen LogP) is 3.56. The minimum Gasteiger partial charge on any atom is -0.444 e. The van der Waals surface area contributed by atoms with Crippen LogP contribution in [-0.4, -0.2) is 22.2 Å². The molecule has 2 aromatic heterocycles. The lowest BCUT2D eigenvalue weighted by Crippen LogP contribution is -2.27. The number of hydrogen-bond acceptors (Lipinski definition) is 3. The molecular formula is C14H13BrF3N3O2. The number of rotatable bonds is 5. The molecule has 23 heavy (non-hydrogen) atoms. The Morgan fingerprint density at radius 3 is 2.74 bits per heavy atom. The average molecular weight is 392 g/mol. The molecule has 3 rings (SSSR count). The molecule has 9 heteroatoms. The Hall–Kier alpha value is -1.77. The third kappa shape index (κ3) is 3.77. The van der Waals surface area contributed by atoms with Gasteiger partial charge in [-0.1, -0.05) is 0 Å². The summed E-state index contributed by atoms with van der Waals surface area (Å²) in [4.78, 5) is 11.8. The summed E-state index contributed by atoms with van der Waals surface area (Å²) in [5.41, 5.74) is -0.312. The van der Waals surface area contributed by atoms with E-state index in [-0.39, 0.29) is 24.8 Å². The number of furan rings is 1. The maximum absolute atomic E-state index is 12.8. The van der Waals surface area contributed by atoms with E-state index >= 15 is 0 Å².